The normalized spacial score (nSPS) is 18.2. The Morgan fingerprint density at radius 3 is 2.80 bits per heavy atom. The van der Waals surface area contributed by atoms with E-state index in [2.05, 4.69) is 22.1 Å². The smallest absolute Gasteiger partial charge is 0.272 e. The van der Waals surface area contributed by atoms with Crippen molar-refractivity contribution < 1.29 is 33.0 Å². The van der Waals surface area contributed by atoms with Gasteiger partial charge in [0, 0.05) is 48.7 Å². The van der Waals surface area contributed by atoms with Crippen molar-refractivity contribution in [3.05, 3.63) is 70.9 Å². The molecule has 2 aromatic heterocycles. The van der Waals surface area contributed by atoms with Gasteiger partial charge in [-0.1, -0.05) is 11.8 Å². The molecule has 0 saturated carbocycles. The highest BCUT2D eigenvalue weighted by molar-refractivity contribution is 7.15. The largest absolute Gasteiger partial charge is 0.489 e. The van der Waals surface area contributed by atoms with Gasteiger partial charge >= 0.3 is 0 Å². The summed E-state index contributed by atoms with van der Waals surface area (Å²) < 4.78 is 40.5. The molecule has 0 unspecified atom stereocenters. The Bertz CT molecular complexity index is 1730. The SMILES string of the molecule is CN1C(=O)[C@@H](NC(=O)c2cn3c(-c4ccc(F)cc4F)csc3n2)COc2ccc(C#CC3(O)CCOCC3)cc21. The second-order valence-corrected chi connectivity index (χ2v) is 10.7. The number of thiazole rings is 1. The van der Waals surface area contributed by atoms with Crippen LogP contribution in [0, 0.1) is 23.5 Å². The number of rotatable bonds is 3. The fraction of sp³-hybridized carbons (Fsp3) is 0.276. The molecule has 2 aliphatic rings. The molecule has 2 aromatic carbocycles. The molecule has 2 N–H and O–H groups in total. The van der Waals surface area contributed by atoms with Crippen molar-refractivity contribution in [2.45, 2.75) is 24.5 Å². The number of benzene rings is 2. The molecule has 1 saturated heterocycles. The summed E-state index contributed by atoms with van der Waals surface area (Å²) in [6, 6.07) is 7.40. The fourth-order valence-electron chi connectivity index (χ4n) is 4.72. The molecule has 4 heterocycles. The zero-order valence-electron chi connectivity index (χ0n) is 21.8. The molecule has 2 aliphatic heterocycles. The second kappa shape index (κ2) is 10.6. The molecule has 0 spiro atoms. The van der Waals surface area contributed by atoms with E-state index in [1.165, 1.54) is 28.5 Å². The first-order chi connectivity index (χ1) is 19.7. The van der Waals surface area contributed by atoms with Gasteiger partial charge in [-0.25, -0.2) is 13.8 Å². The van der Waals surface area contributed by atoms with E-state index < -0.39 is 35.1 Å². The number of amides is 2. The van der Waals surface area contributed by atoms with Gasteiger partial charge in [0.2, 0.25) is 0 Å². The van der Waals surface area contributed by atoms with Crippen molar-refractivity contribution >= 4 is 33.8 Å². The molecule has 9 nitrogen and oxygen atoms in total. The zero-order chi connectivity index (χ0) is 28.7. The van der Waals surface area contributed by atoms with E-state index in [-0.39, 0.29) is 17.9 Å². The molecule has 0 bridgehead atoms. The number of nitrogens with one attached hydrogen (secondary N) is 1. The first-order valence-electron chi connectivity index (χ1n) is 12.8. The lowest BCUT2D eigenvalue weighted by Crippen LogP contribution is -2.49. The molecule has 12 heteroatoms. The van der Waals surface area contributed by atoms with E-state index >= 15 is 0 Å². The molecule has 210 valence electrons. The number of likely N-dealkylation sites (N-methyl/N-ethyl adjacent to an activating group) is 1. The Morgan fingerprint density at radius 2 is 2.02 bits per heavy atom. The van der Waals surface area contributed by atoms with Crippen LogP contribution in [0.5, 0.6) is 5.75 Å². The van der Waals surface area contributed by atoms with Crippen LogP contribution in [0.15, 0.2) is 48.0 Å². The van der Waals surface area contributed by atoms with Gasteiger partial charge in [0.25, 0.3) is 11.8 Å². The second-order valence-electron chi connectivity index (χ2n) is 9.83. The summed E-state index contributed by atoms with van der Waals surface area (Å²) in [6.45, 7) is 0.776. The molecule has 0 radical (unpaired) electrons. The van der Waals surface area contributed by atoms with Crippen LogP contribution in [0.1, 0.15) is 28.9 Å². The number of anilines is 1. The predicted molar refractivity (Wildman–Crippen MR) is 147 cm³/mol. The average Bonchev–Trinajstić information content (AvgIpc) is 3.53. The highest BCUT2D eigenvalue weighted by Crippen LogP contribution is 2.32. The van der Waals surface area contributed by atoms with E-state index in [1.807, 2.05) is 0 Å². The lowest BCUT2D eigenvalue weighted by atomic mass is 9.95. The third kappa shape index (κ3) is 5.27. The minimum absolute atomic E-state index is 0.0291. The Balaban J connectivity index is 1.19. The van der Waals surface area contributed by atoms with Gasteiger partial charge in [-0.05, 0) is 30.3 Å². The Kier molecular flexibility index (Phi) is 6.94. The predicted octanol–water partition coefficient (Wildman–Crippen LogP) is 3.39. The first kappa shape index (κ1) is 26.9. The Hall–Kier alpha value is -4.31. The number of carbonyl (C=O) groups is 2. The van der Waals surface area contributed by atoms with Crippen LogP contribution in [0.25, 0.3) is 16.2 Å². The summed E-state index contributed by atoms with van der Waals surface area (Å²) in [5, 5.41) is 15.0. The number of carbonyl (C=O) groups excluding carboxylic acids is 2. The maximum Gasteiger partial charge on any atom is 0.272 e. The number of fused-ring (bicyclic) bond motifs is 2. The van der Waals surface area contributed by atoms with Gasteiger partial charge < -0.3 is 24.8 Å². The third-order valence-electron chi connectivity index (χ3n) is 7.07. The number of nitrogens with zero attached hydrogens (tertiary/aromatic N) is 3. The number of hydrogen-bond acceptors (Lipinski definition) is 7. The summed E-state index contributed by atoms with van der Waals surface area (Å²) in [5.41, 5.74) is 0.572. The van der Waals surface area contributed by atoms with Crippen molar-refractivity contribution in [2.24, 2.45) is 0 Å². The van der Waals surface area contributed by atoms with Gasteiger partial charge in [-0.3, -0.25) is 14.0 Å². The summed E-state index contributed by atoms with van der Waals surface area (Å²) >= 11 is 1.19. The molecular formula is C29H24F2N4O5S. The molecular weight excluding hydrogens is 554 g/mol. The number of aromatic nitrogens is 2. The van der Waals surface area contributed by atoms with E-state index in [4.69, 9.17) is 9.47 Å². The zero-order valence-corrected chi connectivity index (χ0v) is 22.6. The topological polar surface area (TPSA) is 105 Å². The molecule has 6 rings (SSSR count). The van der Waals surface area contributed by atoms with Crippen molar-refractivity contribution in [1.29, 1.82) is 0 Å². The average molecular weight is 579 g/mol. The monoisotopic (exact) mass is 578 g/mol. The van der Waals surface area contributed by atoms with E-state index in [0.717, 1.165) is 12.1 Å². The number of hydrogen-bond donors (Lipinski definition) is 2. The third-order valence-corrected chi connectivity index (χ3v) is 7.91. The molecule has 2 amide bonds. The van der Waals surface area contributed by atoms with Gasteiger partial charge in [-0.15, -0.1) is 11.3 Å². The van der Waals surface area contributed by atoms with Crippen molar-refractivity contribution in [1.82, 2.24) is 14.7 Å². The lowest BCUT2D eigenvalue weighted by molar-refractivity contribution is -0.120. The number of aliphatic hydroxyl groups is 1. The van der Waals surface area contributed by atoms with Gasteiger partial charge in [0.05, 0.1) is 24.6 Å². The molecule has 0 aliphatic carbocycles. The Morgan fingerprint density at radius 1 is 1.22 bits per heavy atom. The molecule has 1 atom stereocenters. The highest BCUT2D eigenvalue weighted by atomic mass is 32.1. The molecule has 1 fully saturated rings. The summed E-state index contributed by atoms with van der Waals surface area (Å²) in [4.78, 5) is 32.6. The summed E-state index contributed by atoms with van der Waals surface area (Å²) in [6.07, 6.45) is 2.29. The van der Waals surface area contributed by atoms with Gasteiger partial charge in [0.1, 0.15) is 41.3 Å². The van der Waals surface area contributed by atoms with Crippen LogP contribution in [0.3, 0.4) is 0 Å². The number of halogens is 2. The van der Waals surface area contributed by atoms with Gasteiger partial charge in [0.15, 0.2) is 4.96 Å². The standard InChI is InChI=1S/C29H24F2N4O5S/c1-34-23-12-17(6-7-29(38)8-10-39-11-9-29)2-5-25(23)40-15-22(27(34)37)32-26(36)21-14-35-24(16-41-28(35)33-21)19-4-3-18(30)13-20(19)31/h2-5,12-14,16,22,38H,8-11,15H2,1H3,(H,32,36)/t22-/m0/s1. The van der Waals surface area contributed by atoms with Crippen LogP contribution in [-0.2, 0) is 9.53 Å². The maximum absolute atomic E-state index is 14.4. The van der Waals surface area contributed by atoms with Gasteiger partial charge in [-0.2, -0.15) is 0 Å². The van der Waals surface area contributed by atoms with E-state index in [0.29, 0.717) is 53.7 Å². The number of imidazole rings is 1. The summed E-state index contributed by atoms with van der Waals surface area (Å²) in [5.74, 6) is 3.92. The Labute approximate surface area is 237 Å². The van der Waals surface area contributed by atoms with Crippen LogP contribution in [-0.4, -0.2) is 64.8 Å². The summed E-state index contributed by atoms with van der Waals surface area (Å²) in [7, 11) is 1.58. The highest BCUT2D eigenvalue weighted by Gasteiger charge is 2.32. The number of ether oxygens (including phenoxy) is 2. The fourth-order valence-corrected chi connectivity index (χ4v) is 5.59. The van der Waals surface area contributed by atoms with Crippen molar-refractivity contribution in [2.75, 3.05) is 31.8 Å². The van der Waals surface area contributed by atoms with E-state index in [9.17, 15) is 23.5 Å². The molecule has 41 heavy (non-hydrogen) atoms. The lowest BCUT2D eigenvalue weighted by Gasteiger charge is -2.26. The minimum atomic E-state index is -1.12. The van der Waals surface area contributed by atoms with Crippen LogP contribution >= 0.6 is 11.3 Å². The first-order valence-corrected chi connectivity index (χ1v) is 13.7. The van der Waals surface area contributed by atoms with E-state index in [1.54, 1.807) is 35.0 Å². The van der Waals surface area contributed by atoms with Crippen molar-refractivity contribution in [3.8, 4) is 28.8 Å². The van der Waals surface area contributed by atoms with Crippen LogP contribution in [0.2, 0.25) is 0 Å². The molecule has 4 aromatic rings. The van der Waals surface area contributed by atoms with Crippen LogP contribution < -0.4 is 15.0 Å². The van der Waals surface area contributed by atoms with Crippen molar-refractivity contribution in [3.63, 3.8) is 0 Å². The quantitative estimate of drug-likeness (QED) is 0.361. The van der Waals surface area contributed by atoms with Crippen LogP contribution in [0.4, 0.5) is 14.5 Å². The minimum Gasteiger partial charge on any atom is -0.489 e. The maximum atomic E-state index is 14.4.